The number of imidazole rings is 1. The third-order valence-corrected chi connectivity index (χ3v) is 5.96. The maximum Gasteiger partial charge on any atom is 0.245 e. The molecule has 1 aromatic carbocycles. The Bertz CT molecular complexity index is 800. The monoisotopic (exact) mass is 326 g/mol. The first-order valence-corrected chi connectivity index (χ1v) is 8.27. The van der Waals surface area contributed by atoms with Gasteiger partial charge in [0.05, 0.1) is 11.6 Å². The summed E-state index contributed by atoms with van der Waals surface area (Å²) < 4.78 is 28.8. The molecule has 0 unspecified atom stereocenters. The zero-order chi connectivity index (χ0) is 15.2. The average molecular weight is 327 g/mol. The van der Waals surface area contributed by atoms with Crippen LogP contribution in [0.4, 0.5) is 5.69 Å². The lowest BCUT2D eigenvalue weighted by molar-refractivity contribution is 0.335. The average Bonchev–Trinajstić information content (AvgIpc) is 2.90. The number of aromatic nitrogens is 2. The summed E-state index contributed by atoms with van der Waals surface area (Å²) in [6.45, 7) is 2.98. The molecule has 6 nitrogen and oxygen atoms in total. The predicted octanol–water partition coefficient (Wildman–Crippen LogP) is 1.63. The Morgan fingerprint density at radius 3 is 2.86 bits per heavy atom. The fraction of sp³-hybridized carbons (Fsp3) is 0.308. The summed E-state index contributed by atoms with van der Waals surface area (Å²) >= 11 is 6.10. The second kappa shape index (κ2) is 5.01. The van der Waals surface area contributed by atoms with Gasteiger partial charge in [-0.2, -0.15) is 4.31 Å². The van der Waals surface area contributed by atoms with Gasteiger partial charge in [-0.3, -0.25) is 0 Å². The van der Waals surface area contributed by atoms with Gasteiger partial charge in [-0.25, -0.2) is 13.4 Å². The molecule has 0 radical (unpaired) electrons. The van der Waals surface area contributed by atoms with Crippen molar-refractivity contribution in [1.82, 2.24) is 13.9 Å². The number of nitrogens with two attached hydrogens (primary N) is 1. The number of rotatable bonds is 2. The topological polar surface area (TPSA) is 81.2 Å². The highest BCUT2D eigenvalue weighted by atomic mass is 35.5. The minimum Gasteiger partial charge on any atom is -0.398 e. The van der Waals surface area contributed by atoms with E-state index in [1.165, 1.54) is 10.4 Å². The molecule has 2 N–H and O–H groups in total. The summed E-state index contributed by atoms with van der Waals surface area (Å²) in [6, 6.07) is 3.00. The van der Waals surface area contributed by atoms with Gasteiger partial charge in [0, 0.05) is 31.2 Å². The smallest absolute Gasteiger partial charge is 0.245 e. The van der Waals surface area contributed by atoms with Crippen molar-refractivity contribution in [3.63, 3.8) is 0 Å². The fourth-order valence-corrected chi connectivity index (χ4v) is 4.34. The van der Waals surface area contributed by atoms with Gasteiger partial charge in [-0.15, -0.1) is 0 Å². The van der Waals surface area contributed by atoms with Crippen LogP contribution in [0.2, 0.25) is 5.02 Å². The molecular formula is C13H15ClN4O2S. The normalized spacial score (nSPS) is 15.9. The third-order valence-electron chi connectivity index (χ3n) is 3.65. The van der Waals surface area contributed by atoms with Crippen molar-refractivity contribution in [3.05, 3.63) is 40.9 Å². The number of benzene rings is 1. The van der Waals surface area contributed by atoms with Gasteiger partial charge >= 0.3 is 0 Å². The lowest BCUT2D eigenvalue weighted by Crippen LogP contribution is -2.38. The minimum atomic E-state index is -3.68. The lowest BCUT2D eigenvalue weighted by Gasteiger charge is -2.27. The molecule has 0 amide bonds. The number of hydrogen-bond donors (Lipinski definition) is 1. The van der Waals surface area contributed by atoms with Crippen molar-refractivity contribution < 1.29 is 8.42 Å². The van der Waals surface area contributed by atoms with Crippen molar-refractivity contribution in [2.24, 2.45) is 0 Å². The van der Waals surface area contributed by atoms with Crippen LogP contribution in [0.1, 0.15) is 11.4 Å². The van der Waals surface area contributed by atoms with Crippen LogP contribution in [0.3, 0.4) is 0 Å². The quantitative estimate of drug-likeness (QED) is 0.850. The number of hydrogen-bond acceptors (Lipinski definition) is 4. The molecule has 2 aromatic rings. The number of anilines is 1. The minimum absolute atomic E-state index is 0.0484. The van der Waals surface area contributed by atoms with E-state index in [4.69, 9.17) is 17.3 Å². The number of nitrogen functional groups attached to an aromatic ring is 1. The van der Waals surface area contributed by atoms with E-state index in [1.807, 2.05) is 10.8 Å². The highest BCUT2D eigenvalue weighted by Gasteiger charge is 2.30. The van der Waals surface area contributed by atoms with Gasteiger partial charge in [0.25, 0.3) is 0 Å². The Balaban J connectivity index is 2.00. The summed E-state index contributed by atoms with van der Waals surface area (Å²) in [6.07, 6.45) is 3.51. The zero-order valence-corrected chi connectivity index (χ0v) is 13.0. The number of sulfonamides is 1. The predicted molar refractivity (Wildman–Crippen MR) is 80.4 cm³/mol. The highest BCUT2D eigenvalue weighted by molar-refractivity contribution is 7.89. The van der Waals surface area contributed by atoms with Gasteiger partial charge < -0.3 is 10.3 Å². The molecule has 0 aliphatic carbocycles. The summed E-state index contributed by atoms with van der Waals surface area (Å²) in [5, 5.41) is 0.190. The van der Waals surface area contributed by atoms with Crippen molar-refractivity contribution in [1.29, 1.82) is 0 Å². The number of aryl methyl sites for hydroxylation is 1. The zero-order valence-electron chi connectivity index (χ0n) is 11.5. The molecule has 1 aliphatic heterocycles. The van der Waals surface area contributed by atoms with Crippen LogP contribution < -0.4 is 5.73 Å². The van der Waals surface area contributed by atoms with Crippen molar-refractivity contribution in [2.45, 2.75) is 24.9 Å². The molecule has 2 heterocycles. The molecule has 112 valence electrons. The molecule has 0 spiro atoms. The van der Waals surface area contributed by atoms with Crippen LogP contribution >= 0.6 is 11.6 Å². The summed E-state index contributed by atoms with van der Waals surface area (Å²) in [5.74, 6) is 0.723. The lowest BCUT2D eigenvalue weighted by atomic mass is 10.2. The van der Waals surface area contributed by atoms with Gasteiger partial charge in [-0.05, 0) is 24.6 Å². The maximum atomic E-state index is 12.8. The van der Waals surface area contributed by atoms with E-state index in [9.17, 15) is 8.42 Å². The molecular weight excluding hydrogens is 312 g/mol. The van der Waals surface area contributed by atoms with E-state index in [-0.39, 0.29) is 16.5 Å². The number of halogens is 1. The van der Waals surface area contributed by atoms with Gasteiger partial charge in [0.1, 0.15) is 10.7 Å². The Hall–Kier alpha value is -1.57. The van der Waals surface area contributed by atoms with E-state index < -0.39 is 10.0 Å². The highest BCUT2D eigenvalue weighted by Crippen LogP contribution is 2.30. The van der Waals surface area contributed by atoms with Crippen molar-refractivity contribution in [3.8, 4) is 0 Å². The summed E-state index contributed by atoms with van der Waals surface area (Å²) in [4.78, 5) is 4.22. The Morgan fingerprint density at radius 1 is 1.33 bits per heavy atom. The van der Waals surface area contributed by atoms with Crippen LogP contribution in [0, 0.1) is 6.92 Å². The molecule has 1 aliphatic rings. The molecule has 0 atom stereocenters. The van der Waals surface area contributed by atoms with Gasteiger partial charge in [0.15, 0.2) is 0 Å². The van der Waals surface area contributed by atoms with E-state index in [0.717, 1.165) is 11.4 Å². The first-order valence-electron chi connectivity index (χ1n) is 6.45. The fourth-order valence-electron chi connectivity index (χ4n) is 2.36. The molecule has 0 bridgehead atoms. The van der Waals surface area contributed by atoms with E-state index in [0.29, 0.717) is 18.8 Å². The van der Waals surface area contributed by atoms with Crippen LogP contribution in [-0.4, -0.2) is 28.8 Å². The molecule has 0 saturated heterocycles. The van der Waals surface area contributed by atoms with Crippen molar-refractivity contribution >= 4 is 27.3 Å². The number of nitrogens with zero attached hydrogens (tertiary/aromatic N) is 3. The molecule has 8 heteroatoms. The molecule has 21 heavy (non-hydrogen) atoms. The van der Waals surface area contributed by atoms with E-state index in [2.05, 4.69) is 4.98 Å². The molecule has 0 saturated carbocycles. The maximum absolute atomic E-state index is 12.8. The van der Waals surface area contributed by atoms with Gasteiger partial charge in [0.2, 0.25) is 10.0 Å². The van der Waals surface area contributed by atoms with Crippen molar-refractivity contribution in [2.75, 3.05) is 12.3 Å². The largest absolute Gasteiger partial charge is 0.398 e. The molecule has 0 fully saturated rings. The number of fused-ring (bicyclic) bond motifs is 1. The standard InChI is InChI=1S/C13H15ClN4O2S/c1-9-6-10(14)12(7-11(9)15)21(19,20)18-5-4-17-3-2-16-13(17)8-18/h2-3,6-7H,4-5,8,15H2,1H3. The second-order valence-electron chi connectivity index (χ2n) is 5.01. The summed E-state index contributed by atoms with van der Waals surface area (Å²) in [5.41, 5.74) is 6.99. The van der Waals surface area contributed by atoms with E-state index >= 15 is 0 Å². The van der Waals surface area contributed by atoms with Crippen LogP contribution in [0.25, 0.3) is 0 Å². The third kappa shape index (κ3) is 2.41. The van der Waals surface area contributed by atoms with Crippen LogP contribution in [0.15, 0.2) is 29.4 Å². The molecule has 1 aromatic heterocycles. The second-order valence-corrected chi connectivity index (χ2v) is 7.33. The molecule has 3 rings (SSSR count). The Labute approximate surface area is 128 Å². The van der Waals surface area contributed by atoms with E-state index in [1.54, 1.807) is 19.2 Å². The first-order chi connectivity index (χ1) is 9.89. The SMILES string of the molecule is Cc1cc(Cl)c(S(=O)(=O)N2CCn3ccnc3C2)cc1N. The van der Waals surface area contributed by atoms with Gasteiger partial charge in [-0.1, -0.05) is 11.6 Å². The Morgan fingerprint density at radius 2 is 2.10 bits per heavy atom. The van der Waals surface area contributed by atoms with Crippen LogP contribution in [0.5, 0.6) is 0 Å². The Kier molecular flexibility index (Phi) is 3.43. The first kappa shape index (κ1) is 14.4. The summed E-state index contributed by atoms with van der Waals surface area (Å²) in [7, 11) is -3.68. The van der Waals surface area contributed by atoms with Crippen LogP contribution in [-0.2, 0) is 23.1 Å².